The molecule has 1 N–H and O–H groups in total. The van der Waals surface area contributed by atoms with E-state index in [9.17, 15) is 0 Å². The normalized spacial score (nSPS) is 15.0. The molecule has 0 rings (SSSR count). The SMILES string of the molecule is CC/C=C/CCCNC([Si](C)(C)C)([Si](C)(C)C)[Si](C)(C)C. The van der Waals surface area contributed by atoms with Crippen molar-refractivity contribution in [2.75, 3.05) is 6.54 Å². The summed E-state index contributed by atoms with van der Waals surface area (Å²) in [6, 6.07) is 0. The zero-order chi connectivity index (χ0) is 16.9. The minimum Gasteiger partial charge on any atom is -0.319 e. The molecule has 0 spiro atoms. The van der Waals surface area contributed by atoms with E-state index in [1.165, 1.54) is 19.4 Å². The lowest BCUT2D eigenvalue weighted by Gasteiger charge is -2.59. The van der Waals surface area contributed by atoms with Crippen molar-refractivity contribution >= 4 is 24.2 Å². The number of nitrogens with one attached hydrogen (secondary N) is 1. The topological polar surface area (TPSA) is 12.0 Å². The Hall–Kier alpha value is 0.351. The number of unbranched alkanes of at least 4 members (excludes halogenated alkanes) is 1. The first-order valence-corrected chi connectivity index (χ1v) is 19.2. The highest BCUT2D eigenvalue weighted by Gasteiger charge is 2.59. The molecular weight excluding hydrogens is 302 g/mol. The van der Waals surface area contributed by atoms with E-state index in [0.717, 1.165) is 6.42 Å². The van der Waals surface area contributed by atoms with Crippen LogP contribution in [0.4, 0.5) is 0 Å². The summed E-state index contributed by atoms with van der Waals surface area (Å²) in [4.78, 5) is 0. The molecule has 0 aliphatic heterocycles. The molecule has 0 aliphatic rings. The third kappa shape index (κ3) is 5.19. The molecule has 0 aromatic rings. The van der Waals surface area contributed by atoms with Gasteiger partial charge in [-0.15, -0.1) is 0 Å². The molecule has 0 heterocycles. The summed E-state index contributed by atoms with van der Waals surface area (Å²) < 4.78 is 0.501. The first-order valence-electron chi connectivity index (χ1n) is 8.71. The van der Waals surface area contributed by atoms with Crippen LogP contribution in [0.25, 0.3) is 0 Å². The number of allylic oxidation sites excluding steroid dienone is 2. The van der Waals surface area contributed by atoms with Gasteiger partial charge < -0.3 is 5.32 Å². The molecule has 21 heavy (non-hydrogen) atoms. The van der Waals surface area contributed by atoms with E-state index in [2.05, 4.69) is 83.3 Å². The predicted octanol–water partition coefficient (Wildman–Crippen LogP) is 5.69. The molecule has 0 bridgehead atoms. The highest BCUT2D eigenvalue weighted by atomic mass is 28.5. The second kappa shape index (κ2) is 7.75. The Morgan fingerprint density at radius 2 is 1.19 bits per heavy atom. The Morgan fingerprint density at radius 1 is 0.762 bits per heavy atom. The Morgan fingerprint density at radius 3 is 1.52 bits per heavy atom. The molecule has 0 radical (unpaired) electrons. The van der Waals surface area contributed by atoms with Crippen LogP contribution in [0.2, 0.25) is 58.9 Å². The van der Waals surface area contributed by atoms with Gasteiger partial charge in [0.1, 0.15) is 0 Å². The van der Waals surface area contributed by atoms with Gasteiger partial charge in [0.25, 0.3) is 0 Å². The molecule has 1 nitrogen and oxygen atoms in total. The van der Waals surface area contributed by atoms with Crippen LogP contribution in [0.1, 0.15) is 26.2 Å². The molecule has 0 saturated carbocycles. The summed E-state index contributed by atoms with van der Waals surface area (Å²) in [5.74, 6) is 0. The standard InChI is InChI=1S/C17H41NSi3/c1-11-12-13-14-15-16-18-17(19(2,3)4,20(5,6)7)21(8,9)10/h12-13,18H,11,14-16H2,1-10H3/b13-12+. The average molecular weight is 344 g/mol. The molecule has 0 saturated heterocycles. The van der Waals surface area contributed by atoms with E-state index in [-0.39, 0.29) is 0 Å². The minimum atomic E-state index is -1.29. The van der Waals surface area contributed by atoms with Gasteiger partial charge in [-0.1, -0.05) is 78.0 Å². The second-order valence-electron chi connectivity index (χ2n) is 9.45. The molecule has 0 unspecified atom stereocenters. The van der Waals surface area contributed by atoms with Crippen LogP contribution in [-0.2, 0) is 0 Å². The lowest BCUT2D eigenvalue weighted by atomic mass is 10.3. The molecule has 0 atom stereocenters. The maximum atomic E-state index is 4.18. The van der Waals surface area contributed by atoms with Crippen molar-refractivity contribution in [1.82, 2.24) is 5.32 Å². The highest BCUT2D eigenvalue weighted by molar-refractivity contribution is 7.15. The van der Waals surface area contributed by atoms with E-state index in [1.54, 1.807) is 0 Å². The van der Waals surface area contributed by atoms with Gasteiger partial charge in [-0.05, 0) is 30.2 Å². The number of hydrogen-bond acceptors (Lipinski definition) is 1. The van der Waals surface area contributed by atoms with E-state index in [0.29, 0.717) is 4.41 Å². The van der Waals surface area contributed by atoms with Gasteiger partial charge in [0, 0.05) is 0 Å². The summed E-state index contributed by atoms with van der Waals surface area (Å²) in [7, 11) is -3.87. The lowest BCUT2D eigenvalue weighted by molar-refractivity contribution is 0.628. The third-order valence-corrected chi connectivity index (χ3v) is 25.5. The lowest BCUT2D eigenvalue weighted by Crippen LogP contribution is -2.83. The van der Waals surface area contributed by atoms with Crippen LogP contribution >= 0.6 is 0 Å². The van der Waals surface area contributed by atoms with Crippen LogP contribution in [0.5, 0.6) is 0 Å². The van der Waals surface area contributed by atoms with Crippen LogP contribution in [0, 0.1) is 0 Å². The van der Waals surface area contributed by atoms with Crippen molar-refractivity contribution in [3.63, 3.8) is 0 Å². The Kier molecular flexibility index (Phi) is 7.88. The van der Waals surface area contributed by atoms with Crippen molar-refractivity contribution in [2.45, 2.75) is 89.5 Å². The fraction of sp³-hybridized carbons (Fsp3) is 0.882. The zero-order valence-electron chi connectivity index (χ0n) is 16.5. The van der Waals surface area contributed by atoms with Crippen molar-refractivity contribution in [3.8, 4) is 0 Å². The molecule has 0 aromatic carbocycles. The predicted molar refractivity (Wildman–Crippen MR) is 109 cm³/mol. The van der Waals surface area contributed by atoms with Gasteiger partial charge in [0.15, 0.2) is 0 Å². The highest BCUT2D eigenvalue weighted by Crippen LogP contribution is 2.39. The monoisotopic (exact) mass is 343 g/mol. The molecule has 126 valence electrons. The van der Waals surface area contributed by atoms with Gasteiger partial charge >= 0.3 is 0 Å². The van der Waals surface area contributed by atoms with Gasteiger partial charge in [0.05, 0.1) is 24.2 Å². The van der Waals surface area contributed by atoms with Crippen LogP contribution in [0.3, 0.4) is 0 Å². The molecule has 0 fully saturated rings. The molecular formula is C17H41NSi3. The van der Waals surface area contributed by atoms with Crippen LogP contribution in [0.15, 0.2) is 12.2 Å². The van der Waals surface area contributed by atoms with Crippen LogP contribution in [-0.4, -0.2) is 35.2 Å². The summed E-state index contributed by atoms with van der Waals surface area (Å²) >= 11 is 0. The minimum absolute atomic E-state index is 0.501. The summed E-state index contributed by atoms with van der Waals surface area (Å²) in [6.45, 7) is 26.7. The average Bonchev–Trinajstić information content (AvgIpc) is 2.22. The van der Waals surface area contributed by atoms with Crippen molar-refractivity contribution in [3.05, 3.63) is 12.2 Å². The number of rotatable bonds is 9. The van der Waals surface area contributed by atoms with Gasteiger partial charge in [-0.3, -0.25) is 0 Å². The maximum Gasteiger partial charge on any atom is 0.0603 e. The maximum absolute atomic E-state index is 4.18. The summed E-state index contributed by atoms with van der Waals surface area (Å²) in [5.41, 5.74) is 0. The third-order valence-electron chi connectivity index (χ3n) is 4.72. The quantitative estimate of drug-likeness (QED) is 0.322. The van der Waals surface area contributed by atoms with Crippen LogP contribution < -0.4 is 5.32 Å². The summed E-state index contributed by atoms with van der Waals surface area (Å²) in [5, 5.41) is 4.18. The van der Waals surface area contributed by atoms with E-state index in [4.69, 9.17) is 0 Å². The first-order chi connectivity index (χ1) is 9.31. The Labute approximate surface area is 138 Å². The largest absolute Gasteiger partial charge is 0.319 e. The Balaban J connectivity index is 5.21. The molecule has 0 amide bonds. The molecule has 0 aliphatic carbocycles. The summed E-state index contributed by atoms with van der Waals surface area (Å²) in [6.07, 6.45) is 8.30. The van der Waals surface area contributed by atoms with Crippen molar-refractivity contribution in [1.29, 1.82) is 0 Å². The fourth-order valence-corrected chi connectivity index (χ4v) is 33.9. The number of hydrogen-bond donors (Lipinski definition) is 1. The van der Waals surface area contributed by atoms with Crippen molar-refractivity contribution < 1.29 is 0 Å². The second-order valence-corrected chi connectivity index (χ2v) is 26.7. The van der Waals surface area contributed by atoms with Gasteiger partial charge in [-0.2, -0.15) is 0 Å². The van der Waals surface area contributed by atoms with Gasteiger partial charge in [-0.25, -0.2) is 0 Å². The molecule has 4 heteroatoms. The van der Waals surface area contributed by atoms with Gasteiger partial charge in [0.2, 0.25) is 0 Å². The Bertz CT molecular complexity index is 293. The van der Waals surface area contributed by atoms with E-state index >= 15 is 0 Å². The molecule has 0 aromatic heterocycles. The fourth-order valence-electron chi connectivity index (χ4n) is 4.95. The van der Waals surface area contributed by atoms with E-state index in [1.807, 2.05) is 0 Å². The zero-order valence-corrected chi connectivity index (χ0v) is 19.5. The smallest absolute Gasteiger partial charge is 0.0603 e. The van der Waals surface area contributed by atoms with Crippen molar-refractivity contribution in [2.24, 2.45) is 0 Å². The first kappa shape index (κ1) is 21.4. The van der Waals surface area contributed by atoms with E-state index < -0.39 is 24.2 Å².